The highest BCUT2D eigenvalue weighted by molar-refractivity contribution is 8.27. The van der Waals surface area contributed by atoms with Gasteiger partial charge in [0.1, 0.15) is 0 Å². The van der Waals surface area contributed by atoms with Crippen molar-refractivity contribution in [3.8, 4) is 0 Å². The number of thioether (sulfide) groups is 1. The lowest BCUT2D eigenvalue weighted by molar-refractivity contribution is -0.113. The van der Waals surface area contributed by atoms with Gasteiger partial charge < -0.3 is 0 Å². The van der Waals surface area contributed by atoms with Crippen molar-refractivity contribution in [2.45, 2.75) is 0 Å². The highest BCUT2D eigenvalue weighted by Gasteiger charge is 2.33. The van der Waals surface area contributed by atoms with Crippen molar-refractivity contribution in [1.82, 2.24) is 0 Å². The number of hydrogen-bond acceptors (Lipinski definition) is 3. The molecule has 4 rings (SSSR count). The Morgan fingerprint density at radius 1 is 0.962 bits per heavy atom. The molecule has 0 atom stereocenters. The molecule has 1 heterocycles. The molecule has 1 aliphatic heterocycles. The third-order valence-corrected chi connectivity index (χ3v) is 6.11. The molecular weight excluding hydrogens is 405 g/mol. The highest BCUT2D eigenvalue weighted by Crippen LogP contribution is 2.38. The third kappa shape index (κ3) is 3.14. The van der Waals surface area contributed by atoms with Gasteiger partial charge >= 0.3 is 0 Å². The molecule has 0 bridgehead atoms. The van der Waals surface area contributed by atoms with Crippen molar-refractivity contribution < 1.29 is 4.79 Å². The molecule has 0 unspecified atom stereocenters. The molecule has 3 aromatic rings. The van der Waals surface area contributed by atoms with Crippen LogP contribution in [0.3, 0.4) is 0 Å². The van der Waals surface area contributed by atoms with Crippen molar-refractivity contribution >= 4 is 79.9 Å². The fourth-order valence-electron chi connectivity index (χ4n) is 2.83. The van der Waals surface area contributed by atoms with E-state index in [0.29, 0.717) is 25.0 Å². The van der Waals surface area contributed by atoms with Gasteiger partial charge in [0, 0.05) is 0 Å². The Bertz CT molecular complexity index is 1090. The first kappa shape index (κ1) is 17.6. The number of rotatable bonds is 2. The van der Waals surface area contributed by atoms with Crippen LogP contribution in [0.5, 0.6) is 0 Å². The van der Waals surface area contributed by atoms with Crippen molar-refractivity contribution in [2.75, 3.05) is 4.90 Å². The van der Waals surface area contributed by atoms with Crippen LogP contribution < -0.4 is 4.90 Å². The van der Waals surface area contributed by atoms with Gasteiger partial charge in [-0.25, -0.2) is 0 Å². The Hall–Kier alpha value is -1.85. The number of carbonyl (C=O) groups excluding carboxylic acids is 1. The van der Waals surface area contributed by atoms with Crippen LogP contribution in [0.1, 0.15) is 5.56 Å². The van der Waals surface area contributed by atoms with Crippen LogP contribution in [0.2, 0.25) is 10.0 Å². The normalized spacial score (nSPS) is 16.1. The van der Waals surface area contributed by atoms with E-state index in [-0.39, 0.29) is 5.91 Å². The van der Waals surface area contributed by atoms with Gasteiger partial charge in [-0.15, -0.1) is 0 Å². The summed E-state index contributed by atoms with van der Waals surface area (Å²) in [6, 6.07) is 19.1. The van der Waals surface area contributed by atoms with Crippen LogP contribution in [-0.4, -0.2) is 10.2 Å². The summed E-state index contributed by atoms with van der Waals surface area (Å²) < 4.78 is 0.472. The Balaban J connectivity index is 1.75. The quantitative estimate of drug-likeness (QED) is 0.349. The number of amides is 1. The molecule has 0 aromatic heterocycles. The molecule has 1 saturated heterocycles. The van der Waals surface area contributed by atoms with Gasteiger partial charge in [-0.3, -0.25) is 9.69 Å². The van der Waals surface area contributed by atoms with Crippen LogP contribution in [0.4, 0.5) is 5.69 Å². The zero-order chi connectivity index (χ0) is 18.3. The zero-order valence-electron chi connectivity index (χ0n) is 13.3. The minimum atomic E-state index is -0.161. The molecular formula is C20H11Cl2NOS2. The van der Waals surface area contributed by atoms with Crippen LogP contribution in [0.15, 0.2) is 65.6 Å². The second kappa shape index (κ2) is 7.05. The number of thiocarbonyl (C=S) groups is 1. The number of fused-ring (bicyclic) bond motifs is 1. The topological polar surface area (TPSA) is 20.3 Å². The maximum absolute atomic E-state index is 12.9. The summed E-state index contributed by atoms with van der Waals surface area (Å²) in [7, 11) is 0. The molecule has 0 spiro atoms. The molecule has 128 valence electrons. The zero-order valence-corrected chi connectivity index (χ0v) is 16.4. The average Bonchev–Trinajstić information content (AvgIpc) is 2.91. The van der Waals surface area contributed by atoms with E-state index < -0.39 is 0 Å². The average molecular weight is 416 g/mol. The summed E-state index contributed by atoms with van der Waals surface area (Å²) in [5, 5.41) is 3.04. The fraction of sp³-hybridized carbons (Fsp3) is 0. The van der Waals surface area contributed by atoms with E-state index in [1.807, 2.05) is 48.5 Å². The van der Waals surface area contributed by atoms with Crippen molar-refractivity contribution in [2.24, 2.45) is 0 Å². The standard InChI is InChI=1S/C20H11Cl2NOS2/c21-16-9-8-14(11-17(16)22)23-19(24)18(26-20(23)25)10-13-6-3-5-12-4-1-2-7-15(12)13/h1-11H. The Morgan fingerprint density at radius 3 is 2.54 bits per heavy atom. The van der Waals surface area contributed by atoms with Crippen LogP contribution in [-0.2, 0) is 4.79 Å². The Morgan fingerprint density at radius 2 is 1.73 bits per heavy atom. The summed E-state index contributed by atoms with van der Waals surface area (Å²) in [5.41, 5.74) is 1.60. The summed E-state index contributed by atoms with van der Waals surface area (Å²) in [5.74, 6) is -0.161. The number of carbonyl (C=O) groups is 1. The lowest BCUT2D eigenvalue weighted by atomic mass is 10.0. The van der Waals surface area contributed by atoms with Crippen LogP contribution in [0, 0.1) is 0 Å². The second-order valence-corrected chi connectivity index (χ2v) is 8.17. The summed E-state index contributed by atoms with van der Waals surface area (Å²) in [4.78, 5) is 15.0. The maximum Gasteiger partial charge on any atom is 0.270 e. The van der Waals surface area contributed by atoms with Crippen molar-refractivity contribution in [3.05, 3.63) is 81.2 Å². The predicted octanol–water partition coefficient (Wildman–Crippen LogP) is 6.55. The first-order valence-corrected chi connectivity index (χ1v) is 9.73. The highest BCUT2D eigenvalue weighted by atomic mass is 35.5. The molecule has 0 N–H and O–H groups in total. The SMILES string of the molecule is O=C1C(=Cc2cccc3ccccc23)SC(=S)N1c1ccc(Cl)c(Cl)c1. The lowest BCUT2D eigenvalue weighted by Crippen LogP contribution is -2.27. The summed E-state index contributed by atoms with van der Waals surface area (Å²) in [6.45, 7) is 0. The van der Waals surface area contributed by atoms with E-state index in [9.17, 15) is 4.79 Å². The van der Waals surface area contributed by atoms with Gasteiger partial charge in [-0.2, -0.15) is 0 Å². The molecule has 3 aromatic carbocycles. The minimum Gasteiger partial charge on any atom is -0.268 e. The Kier molecular flexibility index (Phi) is 4.76. The van der Waals surface area contributed by atoms with Crippen LogP contribution >= 0.6 is 47.2 Å². The van der Waals surface area contributed by atoms with E-state index >= 15 is 0 Å². The number of anilines is 1. The maximum atomic E-state index is 12.9. The predicted molar refractivity (Wildman–Crippen MR) is 116 cm³/mol. The molecule has 0 saturated carbocycles. The van der Waals surface area contributed by atoms with E-state index in [0.717, 1.165) is 16.3 Å². The minimum absolute atomic E-state index is 0.161. The molecule has 1 amide bonds. The van der Waals surface area contributed by atoms with Gasteiger partial charge in [0.2, 0.25) is 0 Å². The van der Waals surface area contributed by atoms with E-state index in [2.05, 4.69) is 0 Å². The molecule has 2 nitrogen and oxygen atoms in total. The largest absolute Gasteiger partial charge is 0.270 e. The smallest absolute Gasteiger partial charge is 0.268 e. The lowest BCUT2D eigenvalue weighted by Gasteiger charge is -2.15. The molecule has 0 radical (unpaired) electrons. The van der Waals surface area contributed by atoms with Crippen molar-refractivity contribution in [3.63, 3.8) is 0 Å². The Labute approximate surface area is 170 Å². The molecule has 1 aliphatic rings. The fourth-order valence-corrected chi connectivity index (χ4v) is 4.41. The summed E-state index contributed by atoms with van der Waals surface area (Å²) >= 11 is 18.8. The van der Waals surface area contributed by atoms with Gasteiger partial charge in [0.25, 0.3) is 5.91 Å². The number of benzene rings is 3. The second-order valence-electron chi connectivity index (χ2n) is 5.68. The first-order chi connectivity index (χ1) is 12.5. The number of nitrogens with zero attached hydrogens (tertiary/aromatic N) is 1. The molecule has 26 heavy (non-hydrogen) atoms. The van der Waals surface area contributed by atoms with Gasteiger partial charge in [-0.1, -0.05) is 89.6 Å². The first-order valence-electron chi connectivity index (χ1n) is 7.75. The number of hydrogen-bond donors (Lipinski definition) is 0. The van der Waals surface area contributed by atoms with Crippen LogP contribution in [0.25, 0.3) is 16.8 Å². The van der Waals surface area contributed by atoms with Gasteiger partial charge in [0.05, 0.1) is 20.6 Å². The number of halogens is 2. The summed E-state index contributed by atoms with van der Waals surface area (Å²) in [6.07, 6.45) is 1.89. The monoisotopic (exact) mass is 415 g/mol. The molecule has 6 heteroatoms. The third-order valence-electron chi connectivity index (χ3n) is 4.07. The van der Waals surface area contributed by atoms with E-state index in [1.54, 1.807) is 18.2 Å². The molecule has 0 aliphatic carbocycles. The molecule has 1 fully saturated rings. The van der Waals surface area contributed by atoms with Gasteiger partial charge in [-0.05, 0) is 40.6 Å². The van der Waals surface area contributed by atoms with Crippen molar-refractivity contribution in [1.29, 1.82) is 0 Å². The van der Waals surface area contributed by atoms with Gasteiger partial charge in [0.15, 0.2) is 4.32 Å². The van der Waals surface area contributed by atoms with E-state index in [1.165, 1.54) is 16.7 Å². The van der Waals surface area contributed by atoms with E-state index in [4.69, 9.17) is 35.4 Å².